The SMILES string of the molecule is CC(=O)NC1(C)CCOCC1. The summed E-state index contributed by atoms with van der Waals surface area (Å²) in [5.74, 6) is 0.0504. The molecule has 0 aromatic rings. The second kappa shape index (κ2) is 3.22. The van der Waals surface area contributed by atoms with Gasteiger partial charge >= 0.3 is 0 Å². The van der Waals surface area contributed by atoms with Gasteiger partial charge in [0.2, 0.25) is 5.91 Å². The van der Waals surface area contributed by atoms with E-state index in [0.29, 0.717) is 0 Å². The van der Waals surface area contributed by atoms with Crippen LogP contribution in [0.3, 0.4) is 0 Å². The highest BCUT2D eigenvalue weighted by atomic mass is 16.5. The lowest BCUT2D eigenvalue weighted by Crippen LogP contribution is -2.48. The normalized spacial score (nSPS) is 22.7. The van der Waals surface area contributed by atoms with E-state index in [0.717, 1.165) is 26.1 Å². The molecule has 3 heteroatoms. The first-order valence-electron chi connectivity index (χ1n) is 3.99. The molecule has 0 spiro atoms. The van der Waals surface area contributed by atoms with Gasteiger partial charge in [-0.05, 0) is 19.8 Å². The van der Waals surface area contributed by atoms with Gasteiger partial charge in [-0.2, -0.15) is 0 Å². The average Bonchev–Trinajstić information content (AvgIpc) is 1.85. The van der Waals surface area contributed by atoms with Gasteiger partial charge in [0.25, 0.3) is 0 Å². The van der Waals surface area contributed by atoms with Crippen molar-refractivity contribution < 1.29 is 9.53 Å². The Kier molecular flexibility index (Phi) is 2.49. The minimum absolute atomic E-state index is 0.0237. The van der Waals surface area contributed by atoms with E-state index in [1.54, 1.807) is 6.92 Å². The lowest BCUT2D eigenvalue weighted by molar-refractivity contribution is -0.121. The maximum atomic E-state index is 10.8. The van der Waals surface area contributed by atoms with E-state index in [1.807, 2.05) is 0 Å². The van der Waals surface area contributed by atoms with Crippen molar-refractivity contribution >= 4 is 5.91 Å². The van der Waals surface area contributed by atoms with Gasteiger partial charge in [0.05, 0.1) is 0 Å². The Morgan fingerprint density at radius 1 is 1.45 bits per heavy atom. The summed E-state index contributed by atoms with van der Waals surface area (Å²) in [4.78, 5) is 10.8. The van der Waals surface area contributed by atoms with Crippen molar-refractivity contribution in [3.8, 4) is 0 Å². The van der Waals surface area contributed by atoms with Gasteiger partial charge in [0.1, 0.15) is 0 Å². The van der Waals surface area contributed by atoms with Gasteiger partial charge in [-0.15, -0.1) is 0 Å². The van der Waals surface area contributed by atoms with Crippen LogP contribution in [-0.4, -0.2) is 24.7 Å². The molecular formula is C8H15NO2. The molecule has 1 amide bonds. The summed E-state index contributed by atoms with van der Waals surface area (Å²) >= 11 is 0. The van der Waals surface area contributed by atoms with Gasteiger partial charge in [0.15, 0.2) is 0 Å². The number of hydrogen-bond acceptors (Lipinski definition) is 2. The maximum absolute atomic E-state index is 10.8. The molecule has 64 valence electrons. The molecule has 0 unspecified atom stereocenters. The number of hydrogen-bond donors (Lipinski definition) is 1. The minimum Gasteiger partial charge on any atom is -0.381 e. The van der Waals surface area contributed by atoms with Gasteiger partial charge in [-0.3, -0.25) is 4.79 Å². The zero-order chi connectivity index (χ0) is 8.32. The molecule has 1 aliphatic heterocycles. The second-order valence-electron chi connectivity index (χ2n) is 3.35. The van der Waals surface area contributed by atoms with E-state index in [4.69, 9.17) is 4.74 Å². The molecule has 0 bridgehead atoms. The molecule has 3 nitrogen and oxygen atoms in total. The molecule has 0 radical (unpaired) electrons. The second-order valence-corrected chi connectivity index (χ2v) is 3.35. The summed E-state index contributed by atoms with van der Waals surface area (Å²) in [5.41, 5.74) is -0.0237. The molecule has 1 fully saturated rings. The molecule has 1 saturated heterocycles. The lowest BCUT2D eigenvalue weighted by atomic mass is 9.92. The molecule has 0 aliphatic carbocycles. The van der Waals surface area contributed by atoms with E-state index in [9.17, 15) is 4.79 Å². The van der Waals surface area contributed by atoms with Gasteiger partial charge in [-0.25, -0.2) is 0 Å². The Morgan fingerprint density at radius 3 is 2.45 bits per heavy atom. The standard InChI is InChI=1S/C8H15NO2/c1-7(10)9-8(2)3-5-11-6-4-8/h3-6H2,1-2H3,(H,9,10). The van der Waals surface area contributed by atoms with Crippen molar-refractivity contribution in [3.63, 3.8) is 0 Å². The molecule has 11 heavy (non-hydrogen) atoms. The van der Waals surface area contributed by atoms with E-state index in [1.165, 1.54) is 0 Å². The number of nitrogens with one attached hydrogen (secondary N) is 1. The molecule has 1 heterocycles. The first kappa shape index (κ1) is 8.53. The monoisotopic (exact) mass is 157 g/mol. The average molecular weight is 157 g/mol. The van der Waals surface area contributed by atoms with Crippen LogP contribution in [-0.2, 0) is 9.53 Å². The number of rotatable bonds is 1. The van der Waals surface area contributed by atoms with Crippen LogP contribution in [0.2, 0.25) is 0 Å². The summed E-state index contributed by atoms with van der Waals surface area (Å²) in [6, 6.07) is 0. The molecule has 1 aliphatic rings. The van der Waals surface area contributed by atoms with Crippen LogP contribution in [0.15, 0.2) is 0 Å². The third-order valence-corrected chi connectivity index (χ3v) is 2.07. The smallest absolute Gasteiger partial charge is 0.217 e. The third kappa shape index (κ3) is 2.50. The van der Waals surface area contributed by atoms with E-state index in [2.05, 4.69) is 12.2 Å². The highest BCUT2D eigenvalue weighted by Gasteiger charge is 2.27. The summed E-state index contributed by atoms with van der Waals surface area (Å²) in [6.45, 7) is 5.14. The van der Waals surface area contributed by atoms with Gasteiger partial charge < -0.3 is 10.1 Å². The first-order valence-corrected chi connectivity index (χ1v) is 3.99. The quantitative estimate of drug-likeness (QED) is 0.608. The maximum Gasteiger partial charge on any atom is 0.217 e. The van der Waals surface area contributed by atoms with Crippen molar-refractivity contribution in [3.05, 3.63) is 0 Å². The molecule has 0 aromatic heterocycles. The van der Waals surface area contributed by atoms with E-state index < -0.39 is 0 Å². The van der Waals surface area contributed by atoms with Crippen molar-refractivity contribution in [2.24, 2.45) is 0 Å². The Morgan fingerprint density at radius 2 is 2.00 bits per heavy atom. The molecule has 0 aromatic carbocycles. The summed E-state index contributed by atoms with van der Waals surface area (Å²) in [5, 5.41) is 2.94. The van der Waals surface area contributed by atoms with Crippen molar-refractivity contribution in [1.82, 2.24) is 5.32 Å². The van der Waals surface area contributed by atoms with Gasteiger partial charge in [-0.1, -0.05) is 0 Å². The molecule has 1 rings (SSSR count). The fourth-order valence-electron chi connectivity index (χ4n) is 1.37. The van der Waals surface area contributed by atoms with E-state index in [-0.39, 0.29) is 11.4 Å². The molecule has 1 N–H and O–H groups in total. The Balaban J connectivity index is 2.43. The Bertz CT molecular complexity index is 150. The van der Waals surface area contributed by atoms with Crippen molar-refractivity contribution in [2.45, 2.75) is 32.2 Å². The van der Waals surface area contributed by atoms with Crippen LogP contribution < -0.4 is 5.32 Å². The fraction of sp³-hybridized carbons (Fsp3) is 0.875. The zero-order valence-electron chi connectivity index (χ0n) is 7.14. The van der Waals surface area contributed by atoms with E-state index >= 15 is 0 Å². The third-order valence-electron chi connectivity index (χ3n) is 2.07. The predicted octanol–water partition coefficient (Wildman–Crippen LogP) is 0.692. The topological polar surface area (TPSA) is 38.3 Å². The zero-order valence-corrected chi connectivity index (χ0v) is 7.14. The summed E-state index contributed by atoms with van der Waals surface area (Å²) < 4.78 is 5.20. The summed E-state index contributed by atoms with van der Waals surface area (Å²) in [7, 11) is 0. The largest absolute Gasteiger partial charge is 0.381 e. The fourth-order valence-corrected chi connectivity index (χ4v) is 1.37. The van der Waals surface area contributed by atoms with Crippen LogP contribution in [0, 0.1) is 0 Å². The van der Waals surface area contributed by atoms with Gasteiger partial charge in [0, 0.05) is 25.7 Å². The number of carbonyl (C=O) groups is 1. The molecule has 0 saturated carbocycles. The molecular weight excluding hydrogens is 142 g/mol. The number of carbonyl (C=O) groups excluding carboxylic acids is 1. The van der Waals surface area contributed by atoms with Crippen LogP contribution in [0.25, 0.3) is 0 Å². The van der Waals surface area contributed by atoms with Crippen LogP contribution in [0.5, 0.6) is 0 Å². The minimum atomic E-state index is -0.0237. The van der Waals surface area contributed by atoms with Crippen molar-refractivity contribution in [1.29, 1.82) is 0 Å². The van der Waals surface area contributed by atoms with Crippen LogP contribution >= 0.6 is 0 Å². The first-order chi connectivity index (χ1) is 5.12. The predicted molar refractivity (Wildman–Crippen MR) is 42.3 cm³/mol. The number of amides is 1. The molecule has 0 atom stereocenters. The highest BCUT2D eigenvalue weighted by Crippen LogP contribution is 2.19. The summed E-state index contributed by atoms with van der Waals surface area (Å²) in [6.07, 6.45) is 1.85. The van der Waals surface area contributed by atoms with Crippen LogP contribution in [0.1, 0.15) is 26.7 Å². The van der Waals surface area contributed by atoms with Crippen LogP contribution in [0.4, 0.5) is 0 Å². The van der Waals surface area contributed by atoms with Crippen molar-refractivity contribution in [2.75, 3.05) is 13.2 Å². The highest BCUT2D eigenvalue weighted by molar-refractivity contribution is 5.73. The Labute approximate surface area is 67.1 Å². The lowest BCUT2D eigenvalue weighted by Gasteiger charge is -2.33. The Hall–Kier alpha value is -0.570. The number of ether oxygens (including phenoxy) is 1.